The summed E-state index contributed by atoms with van der Waals surface area (Å²) in [6, 6.07) is 7.59. The summed E-state index contributed by atoms with van der Waals surface area (Å²) >= 11 is 7.80. The molecule has 1 aromatic carbocycles. The Hall–Kier alpha value is -1.26. The average molecular weight is 368 g/mol. The topological polar surface area (TPSA) is 56.6 Å². The first-order chi connectivity index (χ1) is 11.7. The number of amides is 1. The van der Waals surface area contributed by atoms with Crippen molar-refractivity contribution in [2.24, 2.45) is 0 Å². The zero-order valence-corrected chi connectivity index (χ0v) is 15.4. The Morgan fingerprint density at radius 1 is 1.42 bits per heavy atom. The van der Waals surface area contributed by atoms with E-state index in [2.05, 4.69) is 11.0 Å². The number of thioether (sulfide) groups is 1. The molecule has 5 nitrogen and oxygen atoms in total. The third-order valence-corrected chi connectivity index (χ3v) is 5.03. The summed E-state index contributed by atoms with van der Waals surface area (Å²) in [5, 5.41) is 9.33. The molecule has 7 heteroatoms. The van der Waals surface area contributed by atoms with Gasteiger partial charge in [-0.3, -0.25) is 9.69 Å². The summed E-state index contributed by atoms with van der Waals surface area (Å²) in [5.74, 6) is -0.112. The fourth-order valence-electron chi connectivity index (χ4n) is 2.55. The van der Waals surface area contributed by atoms with Gasteiger partial charge in [-0.1, -0.05) is 11.6 Å². The number of ether oxygens (including phenoxy) is 1. The van der Waals surface area contributed by atoms with Crippen LogP contribution in [0.4, 0.5) is 0 Å². The van der Waals surface area contributed by atoms with E-state index in [0.717, 1.165) is 37.7 Å². The maximum absolute atomic E-state index is 12.9. The van der Waals surface area contributed by atoms with E-state index in [9.17, 15) is 4.79 Å². The lowest BCUT2D eigenvalue weighted by Gasteiger charge is -2.30. The Morgan fingerprint density at radius 3 is 2.83 bits per heavy atom. The predicted molar refractivity (Wildman–Crippen MR) is 96.6 cm³/mol. The van der Waals surface area contributed by atoms with Gasteiger partial charge in [-0.25, -0.2) is 0 Å². The van der Waals surface area contributed by atoms with Gasteiger partial charge >= 0.3 is 0 Å². The number of halogens is 1. The molecular weight excluding hydrogens is 346 g/mol. The second-order valence-corrected chi connectivity index (χ2v) is 6.79. The Kier molecular flexibility index (Phi) is 7.86. The van der Waals surface area contributed by atoms with Crippen LogP contribution in [0.2, 0.25) is 5.02 Å². The van der Waals surface area contributed by atoms with Crippen LogP contribution in [-0.4, -0.2) is 67.9 Å². The quantitative estimate of drug-likeness (QED) is 0.693. The monoisotopic (exact) mass is 367 g/mol. The maximum Gasteiger partial charge on any atom is 0.255 e. The van der Waals surface area contributed by atoms with Crippen molar-refractivity contribution in [3.05, 3.63) is 28.8 Å². The summed E-state index contributed by atoms with van der Waals surface area (Å²) in [7, 11) is 0. The number of nitriles is 1. The van der Waals surface area contributed by atoms with Crippen molar-refractivity contribution >= 4 is 29.3 Å². The lowest BCUT2D eigenvalue weighted by atomic mass is 10.2. The van der Waals surface area contributed by atoms with Crippen LogP contribution >= 0.6 is 23.4 Å². The highest BCUT2D eigenvalue weighted by atomic mass is 35.5. The molecule has 1 fully saturated rings. The first kappa shape index (κ1) is 19.1. The molecule has 0 aliphatic carbocycles. The van der Waals surface area contributed by atoms with Gasteiger partial charge in [0, 0.05) is 37.6 Å². The van der Waals surface area contributed by atoms with Crippen molar-refractivity contribution in [2.45, 2.75) is 11.3 Å². The third-order valence-electron chi connectivity index (χ3n) is 3.97. The molecule has 1 aliphatic heterocycles. The smallest absolute Gasteiger partial charge is 0.255 e. The molecule has 1 heterocycles. The fraction of sp³-hybridized carbons (Fsp3) is 0.529. The van der Waals surface area contributed by atoms with Crippen LogP contribution in [-0.2, 0) is 4.74 Å². The van der Waals surface area contributed by atoms with Crippen molar-refractivity contribution in [1.82, 2.24) is 9.80 Å². The number of nitrogens with zero attached hydrogens (tertiary/aromatic N) is 3. The number of hydrogen-bond donors (Lipinski definition) is 0. The third kappa shape index (κ3) is 5.38. The van der Waals surface area contributed by atoms with Crippen molar-refractivity contribution < 1.29 is 9.53 Å². The zero-order valence-electron chi connectivity index (χ0n) is 13.8. The summed E-state index contributed by atoms with van der Waals surface area (Å²) in [4.78, 5) is 17.9. The highest BCUT2D eigenvalue weighted by molar-refractivity contribution is 7.98. The van der Waals surface area contributed by atoms with Crippen LogP contribution in [0.25, 0.3) is 0 Å². The van der Waals surface area contributed by atoms with E-state index in [4.69, 9.17) is 21.6 Å². The second kappa shape index (κ2) is 9.90. The van der Waals surface area contributed by atoms with Gasteiger partial charge < -0.3 is 9.64 Å². The van der Waals surface area contributed by atoms with Gasteiger partial charge in [-0.2, -0.15) is 5.26 Å². The number of hydrogen-bond acceptors (Lipinski definition) is 5. The summed E-state index contributed by atoms with van der Waals surface area (Å²) in [6.07, 6.45) is 2.28. The van der Waals surface area contributed by atoms with E-state index in [-0.39, 0.29) is 5.91 Å². The molecule has 1 aromatic rings. The number of rotatable bonds is 7. The van der Waals surface area contributed by atoms with Crippen LogP contribution in [0.5, 0.6) is 0 Å². The van der Waals surface area contributed by atoms with Crippen LogP contribution in [0.3, 0.4) is 0 Å². The first-order valence-corrected chi connectivity index (χ1v) is 9.56. The van der Waals surface area contributed by atoms with Gasteiger partial charge in [0.1, 0.15) is 0 Å². The standard InChI is InChI=1S/C17H22ClN3O2S/c1-24-14-3-4-16(18)15(13-14)17(22)21(6-2-5-19)8-7-20-9-11-23-12-10-20/h3-4,13H,2,6-12H2,1H3. The Morgan fingerprint density at radius 2 is 2.17 bits per heavy atom. The van der Waals surface area contributed by atoms with Crippen molar-refractivity contribution in [2.75, 3.05) is 52.2 Å². The van der Waals surface area contributed by atoms with E-state index in [1.165, 1.54) is 0 Å². The minimum Gasteiger partial charge on any atom is -0.379 e. The molecule has 0 unspecified atom stereocenters. The molecule has 0 aromatic heterocycles. The molecule has 130 valence electrons. The molecule has 1 aliphatic rings. The summed E-state index contributed by atoms with van der Waals surface area (Å²) < 4.78 is 5.34. The highest BCUT2D eigenvalue weighted by Gasteiger charge is 2.20. The minimum atomic E-state index is -0.112. The van der Waals surface area contributed by atoms with E-state index < -0.39 is 0 Å². The molecule has 0 bridgehead atoms. The molecule has 0 atom stereocenters. The number of morpholine rings is 1. The lowest BCUT2D eigenvalue weighted by Crippen LogP contribution is -2.43. The maximum atomic E-state index is 12.9. The Bertz CT molecular complexity index is 600. The first-order valence-electron chi connectivity index (χ1n) is 7.95. The number of carbonyl (C=O) groups excluding carboxylic acids is 1. The van der Waals surface area contributed by atoms with Gasteiger partial charge in [-0.05, 0) is 24.5 Å². The molecule has 0 saturated carbocycles. The predicted octanol–water partition coefficient (Wildman–Crippen LogP) is 2.75. The minimum absolute atomic E-state index is 0.112. The van der Waals surface area contributed by atoms with Crippen LogP contribution in [0.15, 0.2) is 23.1 Å². The van der Waals surface area contributed by atoms with E-state index in [1.807, 2.05) is 18.4 Å². The van der Waals surface area contributed by atoms with Gasteiger partial charge in [0.15, 0.2) is 0 Å². The second-order valence-electron chi connectivity index (χ2n) is 5.50. The molecule has 24 heavy (non-hydrogen) atoms. The SMILES string of the molecule is CSc1ccc(Cl)c(C(=O)N(CCC#N)CCN2CCOCC2)c1. The molecule has 1 saturated heterocycles. The average Bonchev–Trinajstić information content (AvgIpc) is 2.62. The molecule has 0 N–H and O–H groups in total. The van der Waals surface area contributed by atoms with Crippen molar-refractivity contribution in [3.63, 3.8) is 0 Å². The Labute approximate surface area is 152 Å². The highest BCUT2D eigenvalue weighted by Crippen LogP contribution is 2.24. The van der Waals surface area contributed by atoms with Crippen LogP contribution < -0.4 is 0 Å². The van der Waals surface area contributed by atoms with Crippen LogP contribution in [0.1, 0.15) is 16.8 Å². The van der Waals surface area contributed by atoms with Crippen molar-refractivity contribution in [1.29, 1.82) is 5.26 Å². The zero-order chi connectivity index (χ0) is 17.4. The van der Waals surface area contributed by atoms with E-state index >= 15 is 0 Å². The molecule has 2 rings (SSSR count). The van der Waals surface area contributed by atoms with Crippen molar-refractivity contribution in [3.8, 4) is 6.07 Å². The normalized spacial score (nSPS) is 15.0. The van der Waals surface area contributed by atoms with Crippen LogP contribution in [0, 0.1) is 11.3 Å². The molecular formula is C17H22ClN3O2S. The van der Waals surface area contributed by atoms with Gasteiger partial charge in [0.25, 0.3) is 5.91 Å². The fourth-order valence-corrected chi connectivity index (χ4v) is 3.19. The van der Waals surface area contributed by atoms with Gasteiger partial charge in [0.2, 0.25) is 0 Å². The number of carbonyl (C=O) groups is 1. The van der Waals surface area contributed by atoms with E-state index in [1.54, 1.807) is 22.7 Å². The van der Waals surface area contributed by atoms with Gasteiger partial charge in [-0.15, -0.1) is 11.8 Å². The summed E-state index contributed by atoms with van der Waals surface area (Å²) in [6.45, 7) is 4.99. The molecule has 0 radical (unpaired) electrons. The number of benzene rings is 1. The summed E-state index contributed by atoms with van der Waals surface area (Å²) in [5.41, 5.74) is 0.503. The lowest BCUT2D eigenvalue weighted by molar-refractivity contribution is 0.0326. The largest absolute Gasteiger partial charge is 0.379 e. The Balaban J connectivity index is 2.07. The van der Waals surface area contributed by atoms with Gasteiger partial charge in [0.05, 0.1) is 36.3 Å². The van der Waals surface area contributed by atoms with E-state index in [0.29, 0.717) is 30.1 Å². The molecule has 1 amide bonds. The molecule has 0 spiro atoms.